The van der Waals surface area contributed by atoms with E-state index in [1.165, 1.54) is 0 Å². The Morgan fingerprint density at radius 1 is 1.35 bits per heavy atom. The number of hydrogen-bond acceptors (Lipinski definition) is 5. The largest absolute Gasteiger partial charge is 0.490 e. The zero-order valence-corrected chi connectivity index (χ0v) is 15.3. The molecule has 5 nitrogen and oxygen atoms in total. The zero-order valence-electron chi connectivity index (χ0n) is 13.6. The van der Waals surface area contributed by atoms with Crippen LogP contribution >= 0.6 is 24.2 Å². The van der Waals surface area contributed by atoms with Crippen molar-refractivity contribution < 1.29 is 14.3 Å². The van der Waals surface area contributed by atoms with Crippen molar-refractivity contribution >= 4 is 30.1 Å². The average Bonchev–Trinajstić information content (AvgIpc) is 2.78. The fourth-order valence-corrected chi connectivity index (χ4v) is 2.94. The number of ether oxygens (including phenoxy) is 2. The number of amides is 1. The van der Waals surface area contributed by atoms with E-state index in [2.05, 4.69) is 0 Å². The van der Waals surface area contributed by atoms with Gasteiger partial charge in [-0.1, -0.05) is 0 Å². The van der Waals surface area contributed by atoms with Crippen molar-refractivity contribution in [3.05, 3.63) is 18.2 Å². The van der Waals surface area contributed by atoms with Crippen molar-refractivity contribution in [3.63, 3.8) is 0 Å². The quantitative estimate of drug-likeness (QED) is 0.790. The van der Waals surface area contributed by atoms with Crippen molar-refractivity contribution in [1.29, 1.82) is 0 Å². The fraction of sp³-hybridized carbons (Fsp3) is 0.562. The van der Waals surface area contributed by atoms with Crippen LogP contribution in [0.4, 0.5) is 0 Å². The minimum absolute atomic E-state index is 0. The lowest BCUT2D eigenvalue weighted by molar-refractivity contribution is -0.131. The van der Waals surface area contributed by atoms with E-state index in [-0.39, 0.29) is 24.4 Å². The summed E-state index contributed by atoms with van der Waals surface area (Å²) in [5, 5.41) is 0. The number of carbonyl (C=O) groups excluding carboxylic acids is 1. The van der Waals surface area contributed by atoms with Gasteiger partial charge in [0.1, 0.15) is 0 Å². The molecule has 0 bridgehead atoms. The molecule has 0 fully saturated rings. The van der Waals surface area contributed by atoms with Crippen LogP contribution in [-0.2, 0) is 4.79 Å². The molecular formula is C16H25ClN2O3S. The molecule has 1 atom stereocenters. The monoisotopic (exact) mass is 360 g/mol. The van der Waals surface area contributed by atoms with Gasteiger partial charge in [-0.2, -0.15) is 0 Å². The molecular weight excluding hydrogens is 336 g/mol. The Bertz CT molecular complexity index is 516. The summed E-state index contributed by atoms with van der Waals surface area (Å²) in [4.78, 5) is 14.8. The minimum Gasteiger partial charge on any atom is -0.490 e. The highest BCUT2D eigenvalue weighted by molar-refractivity contribution is 7.99. The number of carbonyl (C=O) groups is 1. The van der Waals surface area contributed by atoms with Gasteiger partial charge in [0.2, 0.25) is 5.91 Å². The number of fused-ring (bicyclic) bond motifs is 1. The SMILES string of the molecule is CC(CN)N(C)C(=O)CCSc1ccc2c(c1)OCCCO2.Cl. The maximum Gasteiger partial charge on any atom is 0.223 e. The number of likely N-dealkylation sites (N-methyl/N-ethyl adjacent to an activating group) is 1. The summed E-state index contributed by atoms with van der Waals surface area (Å²) < 4.78 is 11.3. The van der Waals surface area contributed by atoms with E-state index in [9.17, 15) is 4.79 Å². The van der Waals surface area contributed by atoms with E-state index >= 15 is 0 Å². The number of halogens is 1. The Balaban J connectivity index is 0.00000264. The molecule has 0 saturated carbocycles. The molecule has 1 aliphatic heterocycles. The molecule has 0 saturated heterocycles. The molecule has 1 amide bonds. The first-order valence-corrected chi connectivity index (χ1v) is 8.58. The molecule has 1 aliphatic rings. The summed E-state index contributed by atoms with van der Waals surface area (Å²) in [7, 11) is 1.80. The van der Waals surface area contributed by atoms with Crippen LogP contribution in [-0.4, -0.2) is 49.4 Å². The Kier molecular flexibility index (Phi) is 8.58. The highest BCUT2D eigenvalue weighted by atomic mass is 35.5. The van der Waals surface area contributed by atoms with Crippen molar-refractivity contribution in [2.45, 2.75) is 30.7 Å². The van der Waals surface area contributed by atoms with Crippen LogP contribution < -0.4 is 15.2 Å². The lowest BCUT2D eigenvalue weighted by Gasteiger charge is -2.23. The molecule has 1 aromatic carbocycles. The molecule has 1 heterocycles. The van der Waals surface area contributed by atoms with E-state index in [4.69, 9.17) is 15.2 Å². The number of rotatable bonds is 6. The molecule has 2 rings (SSSR count). The van der Waals surface area contributed by atoms with E-state index in [1.54, 1.807) is 23.7 Å². The van der Waals surface area contributed by atoms with E-state index in [1.807, 2.05) is 25.1 Å². The summed E-state index contributed by atoms with van der Waals surface area (Å²) in [6, 6.07) is 6.01. The van der Waals surface area contributed by atoms with Gasteiger partial charge in [0, 0.05) is 43.1 Å². The summed E-state index contributed by atoms with van der Waals surface area (Å²) in [6.07, 6.45) is 1.40. The molecule has 0 spiro atoms. The smallest absolute Gasteiger partial charge is 0.223 e. The maximum atomic E-state index is 12.0. The van der Waals surface area contributed by atoms with E-state index in [0.717, 1.165) is 28.6 Å². The first-order valence-electron chi connectivity index (χ1n) is 7.60. The van der Waals surface area contributed by atoms with Crippen LogP contribution in [0.2, 0.25) is 0 Å². The highest BCUT2D eigenvalue weighted by Gasteiger charge is 2.15. The Labute approximate surface area is 148 Å². The number of nitrogens with two attached hydrogens (primary N) is 1. The molecule has 0 aromatic heterocycles. The molecule has 0 radical (unpaired) electrons. The second-order valence-corrected chi connectivity index (χ2v) is 6.52. The van der Waals surface area contributed by atoms with E-state index in [0.29, 0.717) is 26.2 Å². The average molecular weight is 361 g/mol. The Hall–Kier alpha value is -1.11. The van der Waals surface area contributed by atoms with Crippen LogP contribution in [0, 0.1) is 0 Å². The lowest BCUT2D eigenvalue weighted by atomic mass is 10.3. The number of nitrogens with zero attached hydrogens (tertiary/aromatic N) is 1. The third-order valence-electron chi connectivity index (χ3n) is 3.70. The van der Waals surface area contributed by atoms with Gasteiger partial charge in [0.25, 0.3) is 0 Å². The summed E-state index contributed by atoms with van der Waals surface area (Å²) >= 11 is 1.65. The van der Waals surface area contributed by atoms with Gasteiger partial charge in [-0.15, -0.1) is 24.2 Å². The van der Waals surface area contributed by atoms with Gasteiger partial charge < -0.3 is 20.1 Å². The van der Waals surface area contributed by atoms with Crippen molar-refractivity contribution in [2.24, 2.45) is 5.73 Å². The predicted molar refractivity (Wildman–Crippen MR) is 95.9 cm³/mol. The van der Waals surface area contributed by atoms with Gasteiger partial charge >= 0.3 is 0 Å². The molecule has 7 heteroatoms. The molecule has 130 valence electrons. The molecule has 1 unspecified atom stereocenters. The number of benzene rings is 1. The third kappa shape index (κ3) is 5.79. The van der Waals surface area contributed by atoms with Crippen molar-refractivity contribution in [1.82, 2.24) is 4.90 Å². The van der Waals surface area contributed by atoms with Gasteiger partial charge in [0.05, 0.1) is 13.2 Å². The van der Waals surface area contributed by atoms with Crippen molar-refractivity contribution in [3.8, 4) is 11.5 Å². The molecule has 2 N–H and O–H groups in total. The maximum absolute atomic E-state index is 12.0. The topological polar surface area (TPSA) is 64.8 Å². The van der Waals surface area contributed by atoms with Gasteiger partial charge in [-0.25, -0.2) is 0 Å². The Morgan fingerprint density at radius 2 is 2.04 bits per heavy atom. The summed E-state index contributed by atoms with van der Waals surface area (Å²) in [6.45, 7) is 3.81. The van der Waals surface area contributed by atoms with Crippen LogP contribution in [0.5, 0.6) is 11.5 Å². The highest BCUT2D eigenvalue weighted by Crippen LogP contribution is 2.34. The minimum atomic E-state index is 0. The first kappa shape index (κ1) is 19.9. The molecule has 0 aliphatic carbocycles. The van der Waals surface area contributed by atoms with Gasteiger partial charge in [-0.3, -0.25) is 4.79 Å². The predicted octanol–water partition coefficient (Wildman–Crippen LogP) is 2.56. The first-order chi connectivity index (χ1) is 10.6. The number of thioether (sulfide) groups is 1. The van der Waals surface area contributed by atoms with Gasteiger partial charge in [-0.05, 0) is 25.1 Å². The van der Waals surface area contributed by atoms with Crippen LogP contribution in [0.15, 0.2) is 23.1 Å². The van der Waals surface area contributed by atoms with Crippen LogP contribution in [0.1, 0.15) is 19.8 Å². The summed E-state index contributed by atoms with van der Waals surface area (Å²) in [5.74, 6) is 2.46. The Morgan fingerprint density at radius 3 is 2.74 bits per heavy atom. The standard InChI is InChI=1S/C16H24N2O3S.ClH/c1-12(11-17)18(2)16(19)6-9-22-13-4-5-14-15(10-13)21-8-3-7-20-14;/h4-5,10,12H,3,6-9,11,17H2,1-2H3;1H. The third-order valence-corrected chi connectivity index (χ3v) is 4.69. The molecule has 1 aromatic rings. The lowest BCUT2D eigenvalue weighted by Crippen LogP contribution is -2.39. The molecule has 23 heavy (non-hydrogen) atoms. The second-order valence-electron chi connectivity index (χ2n) is 5.35. The normalized spacial score (nSPS) is 14.4. The zero-order chi connectivity index (χ0) is 15.9. The van der Waals surface area contributed by atoms with Crippen molar-refractivity contribution in [2.75, 3.05) is 32.6 Å². The second kappa shape index (κ2) is 9.90. The summed E-state index contributed by atoms with van der Waals surface area (Å²) in [5.41, 5.74) is 5.58. The van der Waals surface area contributed by atoms with Crippen LogP contribution in [0.25, 0.3) is 0 Å². The fourth-order valence-electron chi connectivity index (χ4n) is 2.07. The van der Waals surface area contributed by atoms with Gasteiger partial charge in [0.15, 0.2) is 11.5 Å². The number of hydrogen-bond donors (Lipinski definition) is 1. The van der Waals surface area contributed by atoms with Crippen LogP contribution in [0.3, 0.4) is 0 Å². The van der Waals surface area contributed by atoms with E-state index < -0.39 is 0 Å².